The summed E-state index contributed by atoms with van der Waals surface area (Å²) in [5.74, 6) is -1.25. The summed E-state index contributed by atoms with van der Waals surface area (Å²) in [5.41, 5.74) is 7.81. The Labute approximate surface area is 187 Å². The van der Waals surface area contributed by atoms with E-state index in [2.05, 4.69) is 5.32 Å². The van der Waals surface area contributed by atoms with E-state index in [0.29, 0.717) is 19.8 Å². The predicted molar refractivity (Wildman–Crippen MR) is 124 cm³/mol. The van der Waals surface area contributed by atoms with Crippen LogP contribution in [0.25, 0.3) is 6.08 Å². The Kier molecular flexibility index (Phi) is 6.03. The van der Waals surface area contributed by atoms with Crippen LogP contribution in [0.3, 0.4) is 0 Å². The Balaban J connectivity index is 1.49. The van der Waals surface area contributed by atoms with Crippen molar-refractivity contribution in [1.82, 2.24) is 4.90 Å². The fraction of sp³-hybridized carbons (Fsp3) is 0.238. The van der Waals surface area contributed by atoms with Crippen LogP contribution in [-0.2, 0) is 22.4 Å². The largest absolute Gasteiger partial charge is 0.365 e. The molecular weight excluding hydrogens is 438 g/mol. The van der Waals surface area contributed by atoms with Crippen molar-refractivity contribution in [2.24, 2.45) is 5.73 Å². The van der Waals surface area contributed by atoms with Gasteiger partial charge in [-0.2, -0.15) is 0 Å². The number of amides is 3. The van der Waals surface area contributed by atoms with Crippen LogP contribution in [-0.4, -0.2) is 33.5 Å². The fourth-order valence-corrected chi connectivity index (χ4v) is 6.13. The van der Waals surface area contributed by atoms with Crippen LogP contribution in [0.5, 0.6) is 0 Å². The zero-order valence-corrected chi connectivity index (χ0v) is 18.4. The maximum atomic E-state index is 12.7. The summed E-state index contributed by atoms with van der Waals surface area (Å²) in [6.45, 7) is -0.211. The number of anilines is 1. The normalized spacial score (nSPS) is 17.3. The lowest BCUT2D eigenvalue weighted by molar-refractivity contribution is -0.126. The van der Waals surface area contributed by atoms with E-state index in [-0.39, 0.29) is 12.5 Å². The summed E-state index contributed by atoms with van der Waals surface area (Å²) in [5, 5.41) is 3.24. The second kappa shape index (κ2) is 8.71. The second-order valence-electron chi connectivity index (χ2n) is 7.01. The van der Waals surface area contributed by atoms with Crippen LogP contribution in [0.2, 0.25) is 0 Å². The summed E-state index contributed by atoms with van der Waals surface area (Å²) in [6, 6.07) is 9.45. The summed E-state index contributed by atoms with van der Waals surface area (Å²) in [6.07, 6.45) is 5.49. The van der Waals surface area contributed by atoms with E-state index in [0.717, 1.165) is 41.7 Å². The maximum Gasteiger partial charge on any atom is 0.266 e. The minimum absolute atomic E-state index is 0.211. The first-order valence-electron chi connectivity index (χ1n) is 9.48. The van der Waals surface area contributed by atoms with Crippen molar-refractivity contribution in [1.29, 1.82) is 0 Å². The Morgan fingerprint density at radius 2 is 1.93 bits per heavy atom. The van der Waals surface area contributed by atoms with Crippen molar-refractivity contribution in [2.45, 2.75) is 25.7 Å². The number of rotatable bonds is 5. The number of benzene rings is 1. The number of nitrogens with two attached hydrogens (primary N) is 1. The number of carbonyl (C=O) groups excluding carboxylic acids is 3. The molecule has 30 heavy (non-hydrogen) atoms. The fourth-order valence-electron chi connectivity index (χ4n) is 3.56. The zero-order chi connectivity index (χ0) is 21.3. The van der Waals surface area contributed by atoms with Crippen LogP contribution in [0.1, 0.15) is 39.2 Å². The Bertz CT molecular complexity index is 1080. The summed E-state index contributed by atoms with van der Waals surface area (Å²) < 4.78 is 0.331. The number of aryl methyl sites for hydroxylation is 1. The highest BCUT2D eigenvalue weighted by molar-refractivity contribution is 8.26. The molecule has 1 aliphatic carbocycles. The molecule has 0 bridgehead atoms. The standard InChI is InChI=1S/C21H19N3O3S3/c22-18(26)17-13-8-4-5-9-14(13)29-19(17)23-16(25)11-24-20(27)15(30-21(24)28)10-12-6-2-1-3-7-12/h1-3,6-7,10H,4-5,8-9,11H2,(H2,22,26)(H,23,25). The zero-order valence-electron chi connectivity index (χ0n) is 16.0. The lowest BCUT2D eigenvalue weighted by atomic mass is 9.95. The number of carbonyl (C=O) groups is 3. The van der Waals surface area contributed by atoms with Crippen LogP contribution >= 0.6 is 35.3 Å². The van der Waals surface area contributed by atoms with Gasteiger partial charge in [-0.15, -0.1) is 11.3 Å². The molecule has 2 heterocycles. The molecule has 1 saturated heterocycles. The van der Waals surface area contributed by atoms with Gasteiger partial charge in [-0.1, -0.05) is 54.3 Å². The van der Waals surface area contributed by atoms with Gasteiger partial charge in [-0.3, -0.25) is 19.3 Å². The molecule has 2 aliphatic rings. The number of hydrogen-bond acceptors (Lipinski definition) is 6. The lowest BCUT2D eigenvalue weighted by Gasteiger charge is -2.14. The molecule has 1 aliphatic heterocycles. The molecule has 1 aromatic heterocycles. The topological polar surface area (TPSA) is 92.5 Å². The third-order valence-corrected chi connectivity index (χ3v) is 7.53. The highest BCUT2D eigenvalue weighted by Gasteiger charge is 2.34. The van der Waals surface area contributed by atoms with Gasteiger partial charge >= 0.3 is 0 Å². The summed E-state index contributed by atoms with van der Waals surface area (Å²) >= 11 is 7.87. The molecule has 9 heteroatoms. The molecule has 154 valence electrons. The highest BCUT2D eigenvalue weighted by atomic mass is 32.2. The van der Waals surface area contributed by atoms with E-state index >= 15 is 0 Å². The Morgan fingerprint density at radius 1 is 1.20 bits per heavy atom. The van der Waals surface area contributed by atoms with E-state index in [1.165, 1.54) is 28.0 Å². The number of thioether (sulfide) groups is 1. The second-order valence-corrected chi connectivity index (χ2v) is 9.79. The molecule has 3 amide bonds. The average molecular weight is 458 g/mol. The van der Waals surface area contributed by atoms with Crippen molar-refractivity contribution < 1.29 is 14.4 Å². The molecule has 0 spiro atoms. The van der Waals surface area contributed by atoms with Crippen LogP contribution in [0.4, 0.5) is 5.00 Å². The molecule has 1 fully saturated rings. The highest BCUT2D eigenvalue weighted by Crippen LogP contribution is 2.38. The number of nitrogens with one attached hydrogen (secondary N) is 1. The molecule has 0 radical (unpaired) electrons. The summed E-state index contributed by atoms with van der Waals surface area (Å²) in [7, 11) is 0. The quantitative estimate of drug-likeness (QED) is 0.529. The number of hydrogen-bond donors (Lipinski definition) is 2. The number of thiocarbonyl (C=S) groups is 1. The van der Waals surface area contributed by atoms with Gasteiger partial charge in [0.2, 0.25) is 5.91 Å². The third-order valence-electron chi connectivity index (χ3n) is 4.94. The summed E-state index contributed by atoms with van der Waals surface area (Å²) in [4.78, 5) is 40.3. The molecule has 1 aromatic carbocycles. The minimum Gasteiger partial charge on any atom is -0.365 e. The van der Waals surface area contributed by atoms with Crippen molar-refractivity contribution in [3.63, 3.8) is 0 Å². The molecule has 0 unspecified atom stereocenters. The third kappa shape index (κ3) is 4.19. The molecule has 0 atom stereocenters. The van der Waals surface area contributed by atoms with Crippen LogP contribution in [0, 0.1) is 0 Å². The Hall–Kier alpha value is -2.49. The first-order chi connectivity index (χ1) is 14.4. The van der Waals surface area contributed by atoms with E-state index < -0.39 is 11.8 Å². The van der Waals surface area contributed by atoms with Crippen molar-refractivity contribution in [2.75, 3.05) is 11.9 Å². The number of thiophene rings is 1. The van der Waals surface area contributed by atoms with Gasteiger partial charge in [0.25, 0.3) is 11.8 Å². The molecule has 0 saturated carbocycles. The van der Waals surface area contributed by atoms with Gasteiger partial charge in [0.15, 0.2) is 0 Å². The van der Waals surface area contributed by atoms with E-state index in [4.69, 9.17) is 18.0 Å². The van der Waals surface area contributed by atoms with Gasteiger partial charge in [-0.25, -0.2) is 0 Å². The van der Waals surface area contributed by atoms with Crippen molar-refractivity contribution in [3.05, 3.63) is 56.8 Å². The first-order valence-corrected chi connectivity index (χ1v) is 11.5. The monoisotopic (exact) mass is 457 g/mol. The lowest BCUT2D eigenvalue weighted by Crippen LogP contribution is -2.36. The number of fused-ring (bicyclic) bond motifs is 1. The first kappa shape index (κ1) is 20.8. The average Bonchev–Trinajstić information content (AvgIpc) is 3.21. The molecule has 3 N–H and O–H groups in total. The molecule has 6 nitrogen and oxygen atoms in total. The smallest absolute Gasteiger partial charge is 0.266 e. The molecule has 4 rings (SSSR count). The van der Waals surface area contributed by atoms with Gasteiger partial charge < -0.3 is 11.1 Å². The van der Waals surface area contributed by atoms with E-state index in [1.807, 2.05) is 30.3 Å². The van der Waals surface area contributed by atoms with Gasteiger partial charge in [0, 0.05) is 4.88 Å². The van der Waals surface area contributed by atoms with Crippen LogP contribution in [0.15, 0.2) is 35.2 Å². The van der Waals surface area contributed by atoms with Crippen molar-refractivity contribution >= 4 is 68.4 Å². The Morgan fingerprint density at radius 3 is 2.67 bits per heavy atom. The van der Waals surface area contributed by atoms with Crippen molar-refractivity contribution in [3.8, 4) is 0 Å². The van der Waals surface area contributed by atoms with Gasteiger partial charge in [0.1, 0.15) is 15.9 Å². The van der Waals surface area contributed by atoms with E-state index in [1.54, 1.807) is 6.08 Å². The van der Waals surface area contributed by atoms with Crippen LogP contribution < -0.4 is 11.1 Å². The number of nitrogens with zero attached hydrogens (tertiary/aromatic N) is 1. The van der Waals surface area contributed by atoms with Gasteiger partial charge in [0.05, 0.1) is 10.5 Å². The minimum atomic E-state index is -0.541. The number of primary amides is 1. The predicted octanol–water partition coefficient (Wildman–Crippen LogP) is 3.57. The molecule has 2 aromatic rings. The maximum absolute atomic E-state index is 12.7. The van der Waals surface area contributed by atoms with Gasteiger partial charge in [-0.05, 0) is 42.9 Å². The molecular formula is C21H19N3O3S3. The SMILES string of the molecule is NC(=O)c1c(NC(=O)CN2C(=O)C(=Cc3ccccc3)SC2=S)sc2c1CCCC2. The van der Waals surface area contributed by atoms with E-state index in [9.17, 15) is 14.4 Å².